The fraction of sp³-hybridized carbons (Fsp3) is 0.714. The van der Waals surface area contributed by atoms with Gasteiger partial charge in [-0.25, -0.2) is 0 Å². The zero-order valence-corrected chi connectivity index (χ0v) is 11.1. The van der Waals surface area contributed by atoms with Crippen LogP contribution in [-0.4, -0.2) is 21.7 Å². The number of fused-ring (bicyclic) bond motifs is 2. The molecule has 18 heavy (non-hydrogen) atoms. The van der Waals surface area contributed by atoms with Crippen molar-refractivity contribution >= 4 is 5.91 Å². The molecule has 98 valence electrons. The lowest BCUT2D eigenvalue weighted by molar-refractivity contribution is 0.0909. The molecule has 4 heteroatoms. The number of carbonyl (C=O) groups excluding carboxylic acids is 1. The van der Waals surface area contributed by atoms with Crippen molar-refractivity contribution in [2.45, 2.75) is 38.6 Å². The Morgan fingerprint density at radius 3 is 2.89 bits per heavy atom. The van der Waals surface area contributed by atoms with E-state index in [1.165, 1.54) is 25.7 Å². The highest BCUT2D eigenvalue weighted by atomic mass is 16.2. The molecule has 2 saturated carbocycles. The Morgan fingerprint density at radius 2 is 2.33 bits per heavy atom. The van der Waals surface area contributed by atoms with Crippen LogP contribution in [0.25, 0.3) is 0 Å². The van der Waals surface area contributed by atoms with E-state index in [4.69, 9.17) is 0 Å². The Kier molecular flexibility index (Phi) is 2.88. The SMILES string of the molecule is C[C@@H](NC(=O)c1ccn(C)n1)[C@H]1C[C@H]2CC[C@H]1C2. The molecule has 4 nitrogen and oxygen atoms in total. The van der Waals surface area contributed by atoms with Gasteiger partial charge in [0.05, 0.1) is 0 Å². The van der Waals surface area contributed by atoms with Crippen LogP contribution in [0.15, 0.2) is 12.3 Å². The zero-order valence-electron chi connectivity index (χ0n) is 11.1. The fourth-order valence-electron chi connectivity index (χ4n) is 3.83. The first kappa shape index (κ1) is 11.8. The second-order valence-corrected chi connectivity index (χ2v) is 5.98. The minimum Gasteiger partial charge on any atom is -0.348 e. The van der Waals surface area contributed by atoms with Gasteiger partial charge in [-0.1, -0.05) is 6.42 Å². The molecule has 1 heterocycles. The average Bonchev–Trinajstić information content (AvgIpc) is 3.03. The largest absolute Gasteiger partial charge is 0.348 e. The van der Waals surface area contributed by atoms with E-state index in [1.807, 2.05) is 7.05 Å². The number of rotatable bonds is 3. The molecule has 2 aliphatic carbocycles. The Labute approximate surface area is 108 Å². The lowest BCUT2D eigenvalue weighted by Crippen LogP contribution is -2.40. The predicted molar refractivity (Wildman–Crippen MR) is 69.1 cm³/mol. The topological polar surface area (TPSA) is 46.9 Å². The zero-order chi connectivity index (χ0) is 12.7. The van der Waals surface area contributed by atoms with Crippen molar-refractivity contribution in [2.75, 3.05) is 0 Å². The molecule has 0 radical (unpaired) electrons. The van der Waals surface area contributed by atoms with Crippen LogP contribution < -0.4 is 5.32 Å². The monoisotopic (exact) mass is 247 g/mol. The Balaban J connectivity index is 1.61. The maximum Gasteiger partial charge on any atom is 0.271 e. The summed E-state index contributed by atoms with van der Waals surface area (Å²) in [6, 6.07) is 2.04. The van der Waals surface area contributed by atoms with Gasteiger partial charge in [-0.05, 0) is 50.0 Å². The van der Waals surface area contributed by atoms with Gasteiger partial charge in [-0.3, -0.25) is 9.48 Å². The van der Waals surface area contributed by atoms with Gasteiger partial charge in [0.25, 0.3) is 5.91 Å². The predicted octanol–water partition coefficient (Wildman–Crippen LogP) is 1.97. The molecule has 0 spiro atoms. The van der Waals surface area contributed by atoms with Gasteiger partial charge in [0.1, 0.15) is 5.69 Å². The minimum absolute atomic E-state index is 0.0362. The molecule has 1 aromatic heterocycles. The lowest BCUT2D eigenvalue weighted by Gasteiger charge is -2.28. The summed E-state index contributed by atoms with van der Waals surface area (Å²) in [5.41, 5.74) is 0.521. The van der Waals surface area contributed by atoms with E-state index >= 15 is 0 Å². The normalized spacial score (nSPS) is 31.6. The van der Waals surface area contributed by atoms with Gasteiger partial charge in [-0.15, -0.1) is 0 Å². The van der Waals surface area contributed by atoms with Gasteiger partial charge in [0.2, 0.25) is 0 Å². The summed E-state index contributed by atoms with van der Waals surface area (Å²) < 4.78 is 1.66. The van der Waals surface area contributed by atoms with Crippen molar-refractivity contribution in [1.29, 1.82) is 0 Å². The second kappa shape index (κ2) is 4.41. The highest BCUT2D eigenvalue weighted by Crippen LogP contribution is 2.49. The van der Waals surface area contributed by atoms with Crippen molar-refractivity contribution in [3.05, 3.63) is 18.0 Å². The second-order valence-electron chi connectivity index (χ2n) is 5.98. The quantitative estimate of drug-likeness (QED) is 0.887. The molecular formula is C14H21N3O. The van der Waals surface area contributed by atoms with E-state index < -0.39 is 0 Å². The summed E-state index contributed by atoms with van der Waals surface area (Å²) in [5, 5.41) is 7.26. The molecule has 0 saturated heterocycles. The first-order valence-electron chi connectivity index (χ1n) is 6.94. The van der Waals surface area contributed by atoms with Crippen molar-refractivity contribution in [2.24, 2.45) is 24.8 Å². The highest BCUT2D eigenvalue weighted by molar-refractivity contribution is 5.92. The van der Waals surface area contributed by atoms with Gasteiger partial charge in [0.15, 0.2) is 0 Å². The van der Waals surface area contributed by atoms with Gasteiger partial charge < -0.3 is 5.32 Å². The van der Waals surface area contributed by atoms with Gasteiger partial charge in [-0.2, -0.15) is 5.10 Å². The number of carbonyl (C=O) groups is 1. The molecule has 2 bridgehead atoms. The molecule has 2 fully saturated rings. The molecular weight excluding hydrogens is 226 g/mol. The minimum atomic E-state index is -0.0362. The molecule has 1 amide bonds. The van der Waals surface area contributed by atoms with E-state index in [1.54, 1.807) is 16.9 Å². The molecule has 2 aliphatic rings. The van der Waals surface area contributed by atoms with E-state index in [-0.39, 0.29) is 11.9 Å². The van der Waals surface area contributed by atoms with Gasteiger partial charge in [0, 0.05) is 19.3 Å². The summed E-state index contributed by atoms with van der Waals surface area (Å²) in [6.45, 7) is 2.15. The summed E-state index contributed by atoms with van der Waals surface area (Å²) in [5.74, 6) is 2.41. The lowest BCUT2D eigenvalue weighted by atomic mass is 9.84. The third-order valence-electron chi connectivity index (χ3n) is 4.74. The van der Waals surface area contributed by atoms with Crippen LogP contribution in [0.5, 0.6) is 0 Å². The molecule has 4 atom stereocenters. The van der Waals surface area contributed by atoms with Crippen molar-refractivity contribution in [3.63, 3.8) is 0 Å². The average molecular weight is 247 g/mol. The molecule has 1 aromatic rings. The highest BCUT2D eigenvalue weighted by Gasteiger charge is 2.42. The van der Waals surface area contributed by atoms with E-state index in [2.05, 4.69) is 17.3 Å². The summed E-state index contributed by atoms with van der Waals surface area (Å²) in [7, 11) is 1.83. The standard InChI is InChI=1S/C14H21N3O/c1-9(12-8-10-3-4-11(12)7-10)15-14(18)13-5-6-17(2)16-13/h5-6,9-12H,3-4,7-8H2,1-2H3,(H,15,18)/t9-,10+,11+,12-/m1/s1. The molecule has 3 rings (SSSR count). The van der Waals surface area contributed by atoms with Crippen molar-refractivity contribution < 1.29 is 4.79 Å². The first-order valence-corrected chi connectivity index (χ1v) is 6.94. The summed E-state index contributed by atoms with van der Waals surface area (Å²) in [4.78, 5) is 12.0. The maximum absolute atomic E-state index is 12.0. The van der Waals surface area contributed by atoms with Crippen molar-refractivity contribution in [3.8, 4) is 0 Å². The van der Waals surface area contributed by atoms with E-state index in [0.717, 1.165) is 11.8 Å². The smallest absolute Gasteiger partial charge is 0.271 e. The van der Waals surface area contributed by atoms with Crippen LogP contribution in [0.2, 0.25) is 0 Å². The Hall–Kier alpha value is -1.32. The molecule has 1 N–H and O–H groups in total. The Bertz CT molecular complexity index is 454. The fourth-order valence-corrected chi connectivity index (χ4v) is 3.83. The van der Waals surface area contributed by atoms with Crippen LogP contribution in [0.1, 0.15) is 43.1 Å². The van der Waals surface area contributed by atoms with Crippen LogP contribution >= 0.6 is 0 Å². The number of hydrogen-bond donors (Lipinski definition) is 1. The van der Waals surface area contributed by atoms with E-state index in [0.29, 0.717) is 11.6 Å². The number of nitrogens with one attached hydrogen (secondary N) is 1. The number of nitrogens with zero attached hydrogens (tertiary/aromatic N) is 2. The molecule has 0 aromatic carbocycles. The summed E-state index contributed by atoms with van der Waals surface area (Å²) in [6.07, 6.45) is 7.25. The number of hydrogen-bond acceptors (Lipinski definition) is 2. The van der Waals surface area contributed by atoms with E-state index in [9.17, 15) is 4.79 Å². The van der Waals surface area contributed by atoms with Crippen molar-refractivity contribution in [1.82, 2.24) is 15.1 Å². The first-order chi connectivity index (χ1) is 8.63. The van der Waals surface area contributed by atoms with Crippen LogP contribution in [-0.2, 0) is 7.05 Å². The summed E-state index contributed by atoms with van der Waals surface area (Å²) >= 11 is 0. The number of amides is 1. The number of aromatic nitrogens is 2. The van der Waals surface area contributed by atoms with Crippen LogP contribution in [0.4, 0.5) is 0 Å². The number of aryl methyl sites for hydroxylation is 1. The molecule has 0 aliphatic heterocycles. The third kappa shape index (κ3) is 2.04. The maximum atomic E-state index is 12.0. The van der Waals surface area contributed by atoms with Crippen LogP contribution in [0.3, 0.4) is 0 Å². The molecule has 0 unspecified atom stereocenters. The van der Waals surface area contributed by atoms with Gasteiger partial charge >= 0.3 is 0 Å². The Morgan fingerprint density at radius 1 is 1.50 bits per heavy atom. The third-order valence-corrected chi connectivity index (χ3v) is 4.74. The van der Waals surface area contributed by atoms with Crippen LogP contribution in [0, 0.1) is 17.8 Å².